The maximum absolute atomic E-state index is 14.3. The van der Waals surface area contributed by atoms with Crippen LogP contribution in [0.2, 0.25) is 0 Å². The highest BCUT2D eigenvalue weighted by atomic mass is 19.1. The number of fused-ring (bicyclic) bond motifs is 1. The zero-order valence-electron chi connectivity index (χ0n) is 18.9. The molecular weight excluding hydrogens is 427 g/mol. The monoisotopic (exact) mass is 452 g/mol. The van der Waals surface area contributed by atoms with Gasteiger partial charge in [-0.05, 0) is 66.8 Å². The van der Waals surface area contributed by atoms with Crippen molar-refractivity contribution < 1.29 is 9.50 Å². The van der Waals surface area contributed by atoms with Gasteiger partial charge in [0.1, 0.15) is 17.6 Å². The number of halogens is 1. The Bertz CT molecular complexity index is 1410. The average molecular weight is 453 g/mol. The van der Waals surface area contributed by atoms with E-state index in [0.29, 0.717) is 5.56 Å². The number of hydrogen-bond acceptors (Lipinski definition) is 5. The summed E-state index contributed by atoms with van der Waals surface area (Å²) in [7, 11) is 0. The van der Waals surface area contributed by atoms with Gasteiger partial charge in [-0.1, -0.05) is 24.3 Å². The van der Waals surface area contributed by atoms with Gasteiger partial charge in [-0.25, -0.2) is 4.39 Å². The minimum atomic E-state index is -0.284. The maximum atomic E-state index is 14.3. The van der Waals surface area contributed by atoms with Crippen LogP contribution in [0, 0.1) is 24.1 Å². The SMILES string of the molecule is Cc1cc(F)cc(-c2cnc3ccc(-c4cccc(C#N)c4O)cc3c2N2CCC(N)CC2)c1. The second-order valence-corrected chi connectivity index (χ2v) is 8.91. The highest BCUT2D eigenvalue weighted by molar-refractivity contribution is 6.02. The molecule has 0 aliphatic carbocycles. The molecule has 4 aromatic rings. The molecule has 34 heavy (non-hydrogen) atoms. The van der Waals surface area contributed by atoms with Crippen LogP contribution in [-0.4, -0.2) is 29.2 Å². The summed E-state index contributed by atoms with van der Waals surface area (Å²) in [5, 5.41) is 20.9. The number of piperidine rings is 1. The number of rotatable bonds is 3. The lowest BCUT2D eigenvalue weighted by atomic mass is 9.95. The first-order valence-electron chi connectivity index (χ1n) is 11.4. The number of benzene rings is 3. The number of nitriles is 1. The Balaban J connectivity index is 1.76. The fourth-order valence-corrected chi connectivity index (χ4v) is 4.78. The van der Waals surface area contributed by atoms with Gasteiger partial charge in [0.2, 0.25) is 0 Å². The van der Waals surface area contributed by atoms with Gasteiger partial charge in [0.05, 0.1) is 16.8 Å². The molecule has 3 aromatic carbocycles. The van der Waals surface area contributed by atoms with Gasteiger partial charge in [0.25, 0.3) is 0 Å². The lowest BCUT2D eigenvalue weighted by molar-refractivity contribution is 0.475. The molecule has 0 spiro atoms. The van der Waals surface area contributed by atoms with Crippen LogP contribution in [0.4, 0.5) is 10.1 Å². The molecule has 2 heterocycles. The van der Waals surface area contributed by atoms with E-state index in [1.165, 1.54) is 6.07 Å². The van der Waals surface area contributed by atoms with Crippen LogP contribution in [0.1, 0.15) is 24.0 Å². The topological polar surface area (TPSA) is 86.2 Å². The van der Waals surface area contributed by atoms with E-state index in [1.54, 1.807) is 24.3 Å². The minimum absolute atomic E-state index is 0.0419. The van der Waals surface area contributed by atoms with Crippen molar-refractivity contribution in [1.82, 2.24) is 4.98 Å². The van der Waals surface area contributed by atoms with Crippen LogP contribution in [0.3, 0.4) is 0 Å². The van der Waals surface area contributed by atoms with E-state index in [1.807, 2.05) is 43.5 Å². The fourth-order valence-electron chi connectivity index (χ4n) is 4.78. The zero-order valence-corrected chi connectivity index (χ0v) is 18.9. The number of pyridine rings is 1. The number of nitrogens with two attached hydrogens (primary N) is 1. The van der Waals surface area contributed by atoms with Gasteiger partial charge in [0, 0.05) is 41.8 Å². The molecule has 0 atom stereocenters. The first-order chi connectivity index (χ1) is 16.4. The number of nitrogens with zero attached hydrogens (tertiary/aromatic N) is 3. The molecule has 1 aliphatic heterocycles. The van der Waals surface area contributed by atoms with E-state index in [0.717, 1.165) is 64.8 Å². The summed E-state index contributed by atoms with van der Waals surface area (Å²) in [6.45, 7) is 3.46. The van der Waals surface area contributed by atoms with Crippen molar-refractivity contribution in [1.29, 1.82) is 5.26 Å². The second kappa shape index (κ2) is 8.77. The number of phenols is 1. The molecule has 0 radical (unpaired) electrons. The van der Waals surface area contributed by atoms with E-state index >= 15 is 0 Å². The molecule has 5 nitrogen and oxygen atoms in total. The Morgan fingerprint density at radius 3 is 2.59 bits per heavy atom. The van der Waals surface area contributed by atoms with Crippen LogP contribution in [0.25, 0.3) is 33.2 Å². The highest BCUT2D eigenvalue weighted by Crippen LogP contribution is 2.41. The predicted octanol–water partition coefficient (Wildman–Crippen LogP) is 5.52. The summed E-state index contributed by atoms with van der Waals surface area (Å²) < 4.78 is 14.3. The van der Waals surface area contributed by atoms with Gasteiger partial charge in [-0.2, -0.15) is 5.26 Å². The van der Waals surface area contributed by atoms with Gasteiger partial charge in [0.15, 0.2) is 0 Å². The summed E-state index contributed by atoms with van der Waals surface area (Å²) in [4.78, 5) is 6.99. The number of aryl methyl sites for hydroxylation is 1. The number of aromatic hydroxyl groups is 1. The Kier molecular flexibility index (Phi) is 5.64. The third-order valence-electron chi connectivity index (χ3n) is 6.52. The lowest BCUT2D eigenvalue weighted by Crippen LogP contribution is -2.40. The third kappa shape index (κ3) is 3.95. The largest absolute Gasteiger partial charge is 0.506 e. The van der Waals surface area contributed by atoms with Crippen molar-refractivity contribution in [2.75, 3.05) is 18.0 Å². The van der Waals surface area contributed by atoms with Crippen molar-refractivity contribution in [3.05, 3.63) is 77.7 Å². The van der Waals surface area contributed by atoms with Gasteiger partial charge in [-0.15, -0.1) is 0 Å². The van der Waals surface area contributed by atoms with Crippen LogP contribution >= 0.6 is 0 Å². The fraction of sp³-hybridized carbons (Fsp3) is 0.214. The van der Waals surface area contributed by atoms with Crippen LogP contribution < -0.4 is 10.6 Å². The smallest absolute Gasteiger partial charge is 0.141 e. The van der Waals surface area contributed by atoms with Gasteiger partial charge >= 0.3 is 0 Å². The third-order valence-corrected chi connectivity index (χ3v) is 6.52. The first-order valence-corrected chi connectivity index (χ1v) is 11.4. The highest BCUT2D eigenvalue weighted by Gasteiger charge is 2.23. The number of para-hydroxylation sites is 1. The Hall–Kier alpha value is -3.95. The molecule has 6 heteroatoms. The van der Waals surface area contributed by atoms with Crippen molar-refractivity contribution in [2.24, 2.45) is 5.73 Å². The zero-order chi connectivity index (χ0) is 23.8. The summed E-state index contributed by atoms with van der Waals surface area (Å²) >= 11 is 0. The average Bonchev–Trinajstić information content (AvgIpc) is 2.83. The molecular formula is C28H25FN4O. The molecule has 0 amide bonds. The maximum Gasteiger partial charge on any atom is 0.141 e. The molecule has 1 saturated heterocycles. The molecule has 0 bridgehead atoms. The minimum Gasteiger partial charge on any atom is -0.506 e. The number of anilines is 1. The van der Waals surface area contributed by atoms with E-state index in [9.17, 15) is 14.8 Å². The molecule has 1 aromatic heterocycles. The van der Waals surface area contributed by atoms with Gasteiger partial charge in [-0.3, -0.25) is 4.98 Å². The van der Waals surface area contributed by atoms with Crippen LogP contribution in [0.5, 0.6) is 5.75 Å². The quantitative estimate of drug-likeness (QED) is 0.427. The molecule has 5 rings (SSSR count). The molecule has 3 N–H and O–H groups in total. The summed E-state index contributed by atoms with van der Waals surface area (Å²) in [5.41, 5.74) is 12.0. The van der Waals surface area contributed by atoms with Crippen LogP contribution in [0.15, 0.2) is 60.8 Å². The van der Waals surface area contributed by atoms with Crippen LogP contribution in [-0.2, 0) is 0 Å². The van der Waals surface area contributed by atoms with Crippen molar-refractivity contribution in [3.8, 4) is 34.1 Å². The standard InChI is InChI=1S/C28H25FN4O/c1-17-11-20(13-21(29)12-17)25-16-32-26-6-5-18(23-4-2-3-19(15-30)28(23)34)14-24(26)27(25)33-9-7-22(31)8-10-33/h2-6,11-14,16,22,34H,7-10,31H2,1H3. The molecule has 0 saturated carbocycles. The molecule has 0 unspecified atom stereocenters. The summed E-state index contributed by atoms with van der Waals surface area (Å²) in [5.74, 6) is -0.326. The molecule has 1 aliphatic rings. The first kappa shape index (κ1) is 21.9. The van der Waals surface area contributed by atoms with Crippen molar-refractivity contribution in [3.63, 3.8) is 0 Å². The number of phenolic OH excluding ortho intramolecular Hbond substituents is 1. The van der Waals surface area contributed by atoms with E-state index in [-0.39, 0.29) is 23.2 Å². The van der Waals surface area contributed by atoms with E-state index in [2.05, 4.69) is 9.88 Å². The second-order valence-electron chi connectivity index (χ2n) is 8.91. The number of aromatic nitrogens is 1. The molecule has 170 valence electrons. The van der Waals surface area contributed by atoms with Gasteiger partial charge < -0.3 is 15.7 Å². The molecule has 1 fully saturated rings. The summed E-state index contributed by atoms with van der Waals surface area (Å²) in [6.07, 6.45) is 3.56. The normalized spacial score (nSPS) is 14.4. The predicted molar refractivity (Wildman–Crippen MR) is 133 cm³/mol. The van der Waals surface area contributed by atoms with E-state index in [4.69, 9.17) is 5.73 Å². The van der Waals surface area contributed by atoms with Crippen molar-refractivity contribution >= 4 is 16.6 Å². The van der Waals surface area contributed by atoms with Crippen molar-refractivity contribution in [2.45, 2.75) is 25.8 Å². The Labute approximate surface area is 197 Å². The number of hydrogen-bond donors (Lipinski definition) is 2. The lowest BCUT2D eigenvalue weighted by Gasteiger charge is -2.34. The Morgan fingerprint density at radius 2 is 1.85 bits per heavy atom. The van der Waals surface area contributed by atoms with E-state index < -0.39 is 0 Å². The summed E-state index contributed by atoms with van der Waals surface area (Å²) in [6, 6.07) is 18.2. The Morgan fingerprint density at radius 1 is 1.06 bits per heavy atom.